The third kappa shape index (κ3) is 3.12. The Morgan fingerprint density at radius 3 is 2.55 bits per heavy atom. The van der Waals surface area contributed by atoms with Gasteiger partial charge < -0.3 is 4.90 Å². The Morgan fingerprint density at radius 2 is 1.86 bits per heavy atom. The summed E-state index contributed by atoms with van der Waals surface area (Å²) in [6.45, 7) is 2.35. The maximum absolute atomic E-state index is 12.8. The fourth-order valence-corrected chi connectivity index (χ4v) is 4.15. The first kappa shape index (κ1) is 16.1. The summed E-state index contributed by atoms with van der Waals surface area (Å²) in [5.74, 6) is 0.0367. The molecule has 1 aromatic rings. The van der Waals surface area contributed by atoms with Gasteiger partial charge in [-0.25, -0.2) is 0 Å². The van der Waals surface area contributed by atoms with Crippen molar-refractivity contribution in [3.63, 3.8) is 0 Å². The van der Waals surface area contributed by atoms with E-state index >= 15 is 0 Å². The first-order chi connectivity index (χ1) is 10.6. The van der Waals surface area contributed by atoms with Crippen LogP contribution in [0.25, 0.3) is 0 Å². The predicted molar refractivity (Wildman–Crippen MR) is 90.8 cm³/mol. The molecule has 5 heteroatoms. The van der Waals surface area contributed by atoms with Crippen LogP contribution in [0.5, 0.6) is 0 Å². The molecule has 1 heterocycles. The highest BCUT2D eigenvalue weighted by Gasteiger charge is 2.37. The molecule has 0 bridgehead atoms. The molecule has 3 rings (SSSR count). The number of likely N-dealkylation sites (N-methyl/N-ethyl adjacent to an activating group) is 1. The normalized spacial score (nSPS) is 25.6. The van der Waals surface area contributed by atoms with E-state index in [1.807, 2.05) is 11.9 Å². The van der Waals surface area contributed by atoms with Crippen molar-refractivity contribution in [2.75, 3.05) is 20.1 Å². The van der Waals surface area contributed by atoms with Crippen LogP contribution >= 0.6 is 23.2 Å². The van der Waals surface area contributed by atoms with Gasteiger partial charge in [0.1, 0.15) is 0 Å². The lowest BCUT2D eigenvalue weighted by molar-refractivity contribution is 0.0646. The monoisotopic (exact) mass is 340 g/mol. The molecule has 0 N–H and O–H groups in total. The third-order valence-corrected chi connectivity index (χ3v) is 5.78. The van der Waals surface area contributed by atoms with E-state index in [1.54, 1.807) is 18.2 Å². The van der Waals surface area contributed by atoms with Crippen LogP contribution < -0.4 is 0 Å². The largest absolute Gasteiger partial charge is 0.337 e. The molecule has 120 valence electrons. The minimum atomic E-state index is 0.0367. The van der Waals surface area contributed by atoms with Gasteiger partial charge in [0.2, 0.25) is 0 Å². The number of benzene rings is 1. The minimum absolute atomic E-state index is 0.0367. The molecular formula is C17H22Cl2N2O. The topological polar surface area (TPSA) is 23.6 Å². The molecule has 0 radical (unpaired) electrons. The molecule has 1 aliphatic heterocycles. The van der Waals surface area contributed by atoms with Gasteiger partial charge in [0.05, 0.1) is 10.0 Å². The molecule has 1 amide bonds. The number of nitrogens with zero attached hydrogens (tertiary/aromatic N) is 2. The number of amides is 1. The van der Waals surface area contributed by atoms with E-state index < -0.39 is 0 Å². The molecular weight excluding hydrogens is 319 g/mol. The van der Waals surface area contributed by atoms with Crippen molar-refractivity contribution >= 4 is 29.1 Å². The van der Waals surface area contributed by atoms with E-state index in [0.29, 0.717) is 27.7 Å². The first-order valence-corrected chi connectivity index (χ1v) is 8.80. The Balaban J connectivity index is 1.75. The van der Waals surface area contributed by atoms with E-state index in [1.165, 1.54) is 38.8 Å². The fraction of sp³-hybridized carbons (Fsp3) is 0.588. The summed E-state index contributed by atoms with van der Waals surface area (Å²) in [5.41, 5.74) is 0.615. The Hall–Kier alpha value is -0.770. The van der Waals surface area contributed by atoms with E-state index in [2.05, 4.69) is 4.90 Å². The second kappa shape index (κ2) is 6.77. The molecule has 1 saturated carbocycles. The zero-order valence-corrected chi connectivity index (χ0v) is 14.4. The van der Waals surface area contributed by atoms with Gasteiger partial charge in [0.15, 0.2) is 0 Å². The average molecular weight is 341 g/mol. The van der Waals surface area contributed by atoms with Crippen LogP contribution in [0.4, 0.5) is 0 Å². The zero-order chi connectivity index (χ0) is 15.7. The maximum atomic E-state index is 12.8. The highest BCUT2D eigenvalue weighted by atomic mass is 35.5. The van der Waals surface area contributed by atoms with Gasteiger partial charge in [0, 0.05) is 24.7 Å². The molecule has 1 saturated heterocycles. The first-order valence-electron chi connectivity index (χ1n) is 8.04. The average Bonchev–Trinajstić information content (AvgIpc) is 3.18. The van der Waals surface area contributed by atoms with E-state index in [0.717, 1.165) is 6.42 Å². The molecule has 0 unspecified atom stereocenters. The molecule has 1 aromatic carbocycles. The minimum Gasteiger partial charge on any atom is -0.337 e. The molecule has 1 aliphatic carbocycles. The summed E-state index contributed by atoms with van der Waals surface area (Å²) < 4.78 is 0. The van der Waals surface area contributed by atoms with Crippen molar-refractivity contribution in [3.05, 3.63) is 33.8 Å². The van der Waals surface area contributed by atoms with Crippen molar-refractivity contribution < 1.29 is 4.79 Å². The molecule has 2 atom stereocenters. The lowest BCUT2D eigenvalue weighted by Crippen LogP contribution is -2.48. The summed E-state index contributed by atoms with van der Waals surface area (Å²) in [6, 6.07) is 5.94. The SMILES string of the molecule is CN(C(=O)c1ccc(Cl)c(Cl)c1)[C@@H]1CCC[C@@H]1N1CCCC1. The van der Waals surface area contributed by atoms with Crippen molar-refractivity contribution in [1.29, 1.82) is 0 Å². The van der Waals surface area contributed by atoms with Gasteiger partial charge in [-0.05, 0) is 63.4 Å². The summed E-state index contributed by atoms with van der Waals surface area (Å²) >= 11 is 12.0. The number of rotatable bonds is 3. The number of carbonyl (C=O) groups is 1. The highest BCUT2D eigenvalue weighted by Crippen LogP contribution is 2.31. The smallest absolute Gasteiger partial charge is 0.253 e. The van der Waals surface area contributed by atoms with Crippen molar-refractivity contribution in [3.8, 4) is 0 Å². The van der Waals surface area contributed by atoms with Gasteiger partial charge in [-0.1, -0.05) is 23.2 Å². The van der Waals surface area contributed by atoms with Crippen LogP contribution in [0.15, 0.2) is 18.2 Å². The summed E-state index contributed by atoms with van der Waals surface area (Å²) in [5, 5.41) is 0.917. The highest BCUT2D eigenvalue weighted by molar-refractivity contribution is 6.42. The van der Waals surface area contributed by atoms with Gasteiger partial charge in [-0.15, -0.1) is 0 Å². The lowest BCUT2D eigenvalue weighted by Gasteiger charge is -2.35. The van der Waals surface area contributed by atoms with E-state index in [-0.39, 0.29) is 5.91 Å². The summed E-state index contributed by atoms with van der Waals surface area (Å²) in [7, 11) is 1.92. The Labute approximate surface area is 142 Å². The predicted octanol–water partition coefficient (Wildman–Crippen LogP) is 4.08. The lowest BCUT2D eigenvalue weighted by atomic mass is 10.1. The molecule has 2 aliphatic rings. The van der Waals surface area contributed by atoms with Crippen molar-refractivity contribution in [2.24, 2.45) is 0 Å². The molecule has 3 nitrogen and oxygen atoms in total. The Kier molecular flexibility index (Phi) is 4.96. The van der Waals surface area contributed by atoms with Crippen LogP contribution in [0.1, 0.15) is 42.5 Å². The van der Waals surface area contributed by atoms with Crippen LogP contribution in [0.2, 0.25) is 10.0 Å². The fourth-order valence-electron chi connectivity index (χ4n) is 3.86. The molecule has 0 spiro atoms. The molecule has 22 heavy (non-hydrogen) atoms. The van der Waals surface area contributed by atoms with E-state index in [4.69, 9.17) is 23.2 Å². The summed E-state index contributed by atoms with van der Waals surface area (Å²) in [4.78, 5) is 17.2. The van der Waals surface area contributed by atoms with Gasteiger partial charge in [-0.2, -0.15) is 0 Å². The van der Waals surface area contributed by atoms with E-state index in [9.17, 15) is 4.79 Å². The number of halogens is 2. The summed E-state index contributed by atoms with van der Waals surface area (Å²) in [6.07, 6.45) is 6.06. The Morgan fingerprint density at radius 1 is 1.14 bits per heavy atom. The standard InChI is InChI=1S/C17H22Cl2N2O/c1-20(17(22)12-7-8-13(18)14(19)11-12)15-5-4-6-16(15)21-9-2-3-10-21/h7-8,11,15-16H,2-6,9-10H2,1H3/t15-,16+/m1/s1. The number of carbonyl (C=O) groups excluding carboxylic acids is 1. The number of hydrogen-bond donors (Lipinski definition) is 0. The quantitative estimate of drug-likeness (QED) is 0.827. The Bertz CT molecular complexity index is 558. The molecule has 2 fully saturated rings. The van der Waals surface area contributed by atoms with Crippen molar-refractivity contribution in [1.82, 2.24) is 9.80 Å². The van der Waals surface area contributed by atoms with Gasteiger partial charge in [0.25, 0.3) is 5.91 Å². The van der Waals surface area contributed by atoms with Crippen LogP contribution in [-0.2, 0) is 0 Å². The van der Waals surface area contributed by atoms with Crippen LogP contribution in [0, 0.1) is 0 Å². The van der Waals surface area contributed by atoms with Gasteiger partial charge in [-0.3, -0.25) is 9.69 Å². The number of hydrogen-bond acceptors (Lipinski definition) is 2. The van der Waals surface area contributed by atoms with Crippen molar-refractivity contribution in [2.45, 2.75) is 44.2 Å². The zero-order valence-electron chi connectivity index (χ0n) is 12.9. The second-order valence-electron chi connectivity index (χ2n) is 6.35. The third-order valence-electron chi connectivity index (χ3n) is 5.04. The van der Waals surface area contributed by atoms with Gasteiger partial charge >= 0.3 is 0 Å². The maximum Gasteiger partial charge on any atom is 0.253 e. The number of likely N-dealkylation sites (tertiary alicyclic amines) is 1. The molecule has 0 aromatic heterocycles. The van der Waals surface area contributed by atoms with Crippen LogP contribution in [-0.4, -0.2) is 47.9 Å². The van der Waals surface area contributed by atoms with Crippen LogP contribution in [0.3, 0.4) is 0 Å². The second-order valence-corrected chi connectivity index (χ2v) is 7.17.